The van der Waals surface area contributed by atoms with E-state index in [9.17, 15) is 4.79 Å². The van der Waals surface area contributed by atoms with Gasteiger partial charge in [0.1, 0.15) is 0 Å². The van der Waals surface area contributed by atoms with Gasteiger partial charge in [-0.1, -0.05) is 0 Å². The molecule has 3 saturated carbocycles. The predicted molar refractivity (Wildman–Crippen MR) is 67.3 cm³/mol. The summed E-state index contributed by atoms with van der Waals surface area (Å²) >= 11 is 0. The van der Waals surface area contributed by atoms with Gasteiger partial charge in [-0.2, -0.15) is 0 Å². The van der Waals surface area contributed by atoms with Gasteiger partial charge in [0, 0.05) is 18.0 Å². The van der Waals surface area contributed by atoms with Crippen LogP contribution in [-0.2, 0) is 4.79 Å². The average Bonchev–Trinajstić information content (AvgIpc) is 3.17. The van der Waals surface area contributed by atoms with E-state index < -0.39 is 0 Å². The molecular formula is C14H24N2O. The second-order valence-corrected chi connectivity index (χ2v) is 6.32. The van der Waals surface area contributed by atoms with Crippen LogP contribution in [0.5, 0.6) is 0 Å². The van der Waals surface area contributed by atoms with Crippen LogP contribution in [0.2, 0.25) is 0 Å². The Morgan fingerprint density at radius 3 is 1.88 bits per heavy atom. The molecule has 3 heteroatoms. The zero-order valence-corrected chi connectivity index (χ0v) is 10.5. The maximum Gasteiger partial charge on any atom is 0.220 e. The van der Waals surface area contributed by atoms with Crippen molar-refractivity contribution in [2.75, 3.05) is 0 Å². The lowest BCUT2D eigenvalue weighted by Crippen LogP contribution is -2.44. The molecule has 0 saturated heterocycles. The van der Waals surface area contributed by atoms with Gasteiger partial charge in [0.15, 0.2) is 0 Å². The molecule has 3 aliphatic rings. The van der Waals surface area contributed by atoms with E-state index in [1.54, 1.807) is 0 Å². The highest BCUT2D eigenvalue weighted by atomic mass is 16.1. The average molecular weight is 236 g/mol. The second kappa shape index (κ2) is 4.60. The Morgan fingerprint density at radius 1 is 0.941 bits per heavy atom. The number of amides is 1. The van der Waals surface area contributed by atoms with Gasteiger partial charge in [-0.25, -0.2) is 0 Å². The maximum absolute atomic E-state index is 11.1. The molecule has 0 atom stereocenters. The normalized spacial score (nSPS) is 33.9. The highest BCUT2D eigenvalue weighted by molar-refractivity contribution is 5.76. The van der Waals surface area contributed by atoms with Crippen LogP contribution in [0.15, 0.2) is 0 Å². The van der Waals surface area contributed by atoms with Crippen LogP contribution in [0, 0.1) is 17.8 Å². The molecule has 3 rings (SSSR count). The Balaban J connectivity index is 1.47. The molecule has 3 fully saturated rings. The molecule has 0 aliphatic heterocycles. The molecule has 0 aromatic heterocycles. The number of carbonyl (C=O) groups excluding carboxylic acids is 1. The minimum Gasteiger partial charge on any atom is -0.369 e. The molecule has 17 heavy (non-hydrogen) atoms. The Labute approximate surface area is 104 Å². The van der Waals surface area contributed by atoms with E-state index >= 15 is 0 Å². The Hall–Kier alpha value is -0.570. The van der Waals surface area contributed by atoms with Gasteiger partial charge < -0.3 is 11.1 Å². The van der Waals surface area contributed by atoms with E-state index in [2.05, 4.69) is 5.32 Å². The van der Waals surface area contributed by atoms with Crippen LogP contribution in [0.3, 0.4) is 0 Å². The lowest BCUT2D eigenvalue weighted by Gasteiger charge is -2.31. The minimum atomic E-state index is -0.0932. The molecule has 0 heterocycles. The van der Waals surface area contributed by atoms with Crippen LogP contribution in [0.4, 0.5) is 0 Å². The summed E-state index contributed by atoms with van der Waals surface area (Å²) in [4.78, 5) is 11.1. The largest absolute Gasteiger partial charge is 0.369 e. The molecule has 0 aromatic carbocycles. The van der Waals surface area contributed by atoms with E-state index in [0.717, 1.165) is 43.6 Å². The standard InChI is InChI=1S/C14H24N2O/c15-14(17)11-5-7-12(8-6-11)16-13(9-1-2-9)10-3-4-10/h9-13,16H,1-8H2,(H2,15,17). The van der Waals surface area contributed by atoms with Gasteiger partial charge >= 0.3 is 0 Å². The fourth-order valence-electron chi connectivity index (χ4n) is 3.38. The smallest absolute Gasteiger partial charge is 0.220 e. The Kier molecular flexibility index (Phi) is 3.12. The van der Waals surface area contributed by atoms with Crippen molar-refractivity contribution in [2.24, 2.45) is 23.5 Å². The lowest BCUT2D eigenvalue weighted by molar-refractivity contribution is -0.122. The number of primary amides is 1. The molecular weight excluding hydrogens is 212 g/mol. The first-order chi connectivity index (χ1) is 8.24. The number of nitrogens with one attached hydrogen (secondary N) is 1. The summed E-state index contributed by atoms with van der Waals surface area (Å²) in [5, 5.41) is 3.89. The van der Waals surface area contributed by atoms with Crippen molar-refractivity contribution < 1.29 is 4.79 Å². The van der Waals surface area contributed by atoms with Gasteiger partial charge in [0.2, 0.25) is 5.91 Å². The van der Waals surface area contributed by atoms with E-state index in [-0.39, 0.29) is 11.8 Å². The van der Waals surface area contributed by atoms with Crippen molar-refractivity contribution in [1.82, 2.24) is 5.32 Å². The van der Waals surface area contributed by atoms with E-state index in [1.165, 1.54) is 25.7 Å². The van der Waals surface area contributed by atoms with E-state index in [1.807, 2.05) is 0 Å². The summed E-state index contributed by atoms with van der Waals surface area (Å²) in [6.07, 6.45) is 10.0. The third-order valence-electron chi connectivity index (χ3n) is 4.82. The van der Waals surface area contributed by atoms with Gasteiger partial charge in [-0.15, -0.1) is 0 Å². The van der Waals surface area contributed by atoms with E-state index in [4.69, 9.17) is 5.73 Å². The minimum absolute atomic E-state index is 0.0932. The third-order valence-corrected chi connectivity index (χ3v) is 4.82. The first-order valence-corrected chi connectivity index (χ1v) is 7.29. The molecule has 0 aromatic rings. The quantitative estimate of drug-likeness (QED) is 0.765. The summed E-state index contributed by atoms with van der Waals surface area (Å²) in [6, 6.07) is 1.45. The molecule has 0 bridgehead atoms. The Morgan fingerprint density at radius 2 is 1.47 bits per heavy atom. The number of hydrogen-bond donors (Lipinski definition) is 2. The number of carbonyl (C=O) groups is 1. The van der Waals surface area contributed by atoms with Crippen LogP contribution in [0.25, 0.3) is 0 Å². The monoisotopic (exact) mass is 236 g/mol. The fraction of sp³-hybridized carbons (Fsp3) is 0.929. The summed E-state index contributed by atoms with van der Waals surface area (Å²) < 4.78 is 0. The van der Waals surface area contributed by atoms with Crippen molar-refractivity contribution in [3.63, 3.8) is 0 Å². The topological polar surface area (TPSA) is 55.1 Å². The molecule has 3 aliphatic carbocycles. The molecule has 0 spiro atoms. The lowest BCUT2D eigenvalue weighted by atomic mass is 9.85. The number of hydrogen-bond acceptors (Lipinski definition) is 2. The van der Waals surface area contributed by atoms with Crippen molar-refractivity contribution >= 4 is 5.91 Å². The van der Waals surface area contributed by atoms with Crippen molar-refractivity contribution in [3.8, 4) is 0 Å². The highest BCUT2D eigenvalue weighted by Crippen LogP contribution is 2.45. The van der Waals surface area contributed by atoms with Gasteiger partial charge in [0.25, 0.3) is 0 Å². The summed E-state index contributed by atoms with van der Waals surface area (Å²) in [5.41, 5.74) is 5.37. The third kappa shape index (κ3) is 2.82. The SMILES string of the molecule is NC(=O)C1CCC(NC(C2CC2)C2CC2)CC1. The molecule has 3 nitrogen and oxygen atoms in total. The predicted octanol–water partition coefficient (Wildman–Crippen LogP) is 1.81. The first-order valence-electron chi connectivity index (χ1n) is 7.29. The summed E-state index contributed by atoms with van der Waals surface area (Å²) in [7, 11) is 0. The summed E-state index contributed by atoms with van der Waals surface area (Å²) in [6.45, 7) is 0. The molecule has 0 unspecified atom stereocenters. The number of nitrogens with two attached hydrogens (primary N) is 1. The number of rotatable bonds is 5. The highest BCUT2D eigenvalue weighted by Gasteiger charge is 2.42. The van der Waals surface area contributed by atoms with Crippen LogP contribution in [0.1, 0.15) is 51.4 Å². The Bertz CT molecular complexity index is 277. The van der Waals surface area contributed by atoms with Crippen LogP contribution < -0.4 is 11.1 Å². The van der Waals surface area contributed by atoms with Crippen molar-refractivity contribution in [1.29, 1.82) is 0 Å². The molecule has 0 radical (unpaired) electrons. The van der Waals surface area contributed by atoms with Gasteiger partial charge in [-0.05, 0) is 63.2 Å². The molecule has 96 valence electrons. The van der Waals surface area contributed by atoms with E-state index in [0.29, 0.717) is 6.04 Å². The fourth-order valence-corrected chi connectivity index (χ4v) is 3.38. The van der Waals surface area contributed by atoms with Gasteiger partial charge in [0.05, 0.1) is 0 Å². The zero-order chi connectivity index (χ0) is 11.8. The van der Waals surface area contributed by atoms with Crippen molar-refractivity contribution in [3.05, 3.63) is 0 Å². The van der Waals surface area contributed by atoms with Crippen molar-refractivity contribution in [2.45, 2.75) is 63.5 Å². The van der Waals surface area contributed by atoms with Crippen LogP contribution in [-0.4, -0.2) is 18.0 Å². The first kappa shape index (κ1) is 11.5. The van der Waals surface area contributed by atoms with Crippen LogP contribution >= 0.6 is 0 Å². The maximum atomic E-state index is 11.1. The zero-order valence-electron chi connectivity index (χ0n) is 10.5. The molecule has 3 N–H and O–H groups in total. The molecule has 1 amide bonds. The summed E-state index contributed by atoms with van der Waals surface area (Å²) in [5.74, 6) is 1.99. The second-order valence-electron chi connectivity index (χ2n) is 6.32. The van der Waals surface area contributed by atoms with Gasteiger partial charge in [-0.3, -0.25) is 4.79 Å².